The Hall–Kier alpha value is -0.560. The maximum atomic E-state index is 2.63. The lowest BCUT2D eigenvalue weighted by molar-refractivity contribution is 0.164. The molecule has 0 aliphatic carbocycles. The number of nitrogens with zero attached hydrogens (tertiary/aromatic N) is 1. The highest BCUT2D eigenvalue weighted by molar-refractivity contribution is 5.03. The maximum absolute atomic E-state index is 2.63. The lowest BCUT2D eigenvalue weighted by atomic mass is 10.1. The summed E-state index contributed by atoms with van der Waals surface area (Å²) < 4.78 is 0. The van der Waals surface area contributed by atoms with Crippen LogP contribution in [0.5, 0.6) is 0 Å². The van der Waals surface area contributed by atoms with Gasteiger partial charge >= 0.3 is 0 Å². The number of allylic oxidation sites excluding steroid dienone is 3. The van der Waals surface area contributed by atoms with Gasteiger partial charge in [-0.3, -0.25) is 4.90 Å². The molecule has 2 unspecified atom stereocenters. The molecule has 112 valence electrons. The van der Waals surface area contributed by atoms with Gasteiger partial charge in [-0.1, -0.05) is 37.1 Å². The molecule has 0 saturated carbocycles. The number of hydrogen-bond donors (Lipinski definition) is 0. The molecule has 0 aliphatic rings. The molecule has 19 heavy (non-hydrogen) atoms. The zero-order valence-electron chi connectivity index (χ0n) is 14.3. The van der Waals surface area contributed by atoms with Crippen molar-refractivity contribution in [3.63, 3.8) is 0 Å². The minimum Gasteiger partial charge on any atom is -0.294 e. The molecule has 0 bridgehead atoms. The van der Waals surface area contributed by atoms with Gasteiger partial charge in [0.15, 0.2) is 0 Å². The van der Waals surface area contributed by atoms with Crippen molar-refractivity contribution in [2.75, 3.05) is 6.54 Å². The first-order valence-electron chi connectivity index (χ1n) is 7.97. The Morgan fingerprint density at radius 3 is 1.89 bits per heavy atom. The van der Waals surface area contributed by atoms with Crippen LogP contribution in [0.2, 0.25) is 0 Å². The average Bonchev–Trinajstić information content (AvgIpc) is 2.37. The second kappa shape index (κ2) is 10.3. The third kappa shape index (κ3) is 8.26. The predicted molar refractivity (Wildman–Crippen MR) is 88.6 cm³/mol. The Balaban J connectivity index is 4.39. The van der Waals surface area contributed by atoms with Crippen molar-refractivity contribution in [1.29, 1.82) is 0 Å². The fourth-order valence-corrected chi connectivity index (χ4v) is 2.22. The maximum Gasteiger partial charge on any atom is 0.0171 e. The van der Waals surface area contributed by atoms with Gasteiger partial charge < -0.3 is 0 Å². The fraction of sp³-hybridized carbons (Fsp3) is 0.778. The summed E-state index contributed by atoms with van der Waals surface area (Å²) >= 11 is 0. The second-order valence-corrected chi connectivity index (χ2v) is 6.08. The Morgan fingerprint density at radius 1 is 0.947 bits per heavy atom. The predicted octanol–water partition coefficient (Wildman–Crippen LogP) is 5.58. The van der Waals surface area contributed by atoms with E-state index in [1.54, 1.807) is 0 Å². The minimum atomic E-state index is 0.678. The van der Waals surface area contributed by atoms with Crippen LogP contribution in [0.1, 0.15) is 74.1 Å². The van der Waals surface area contributed by atoms with E-state index < -0.39 is 0 Å². The van der Waals surface area contributed by atoms with Crippen molar-refractivity contribution in [2.24, 2.45) is 0 Å². The van der Waals surface area contributed by atoms with Gasteiger partial charge in [0.05, 0.1) is 0 Å². The lowest BCUT2D eigenvalue weighted by Crippen LogP contribution is -2.39. The highest BCUT2D eigenvalue weighted by Crippen LogP contribution is 2.13. The summed E-state index contributed by atoms with van der Waals surface area (Å²) in [6.07, 6.45) is 9.59. The first kappa shape index (κ1) is 18.4. The summed E-state index contributed by atoms with van der Waals surface area (Å²) in [4.78, 5) is 2.63. The van der Waals surface area contributed by atoms with Crippen LogP contribution in [0.25, 0.3) is 0 Å². The average molecular weight is 265 g/mol. The molecule has 0 radical (unpaired) electrons. The van der Waals surface area contributed by atoms with Gasteiger partial charge in [0, 0.05) is 18.6 Å². The van der Waals surface area contributed by atoms with E-state index in [1.165, 1.54) is 36.8 Å². The summed E-state index contributed by atoms with van der Waals surface area (Å²) in [5, 5.41) is 0. The molecule has 0 aromatic carbocycles. The Kier molecular flexibility index (Phi) is 9.95. The Bertz CT molecular complexity index is 274. The van der Waals surface area contributed by atoms with Crippen molar-refractivity contribution in [1.82, 2.24) is 4.90 Å². The van der Waals surface area contributed by atoms with E-state index in [0.717, 1.165) is 6.54 Å². The third-order valence-corrected chi connectivity index (χ3v) is 4.06. The van der Waals surface area contributed by atoms with E-state index in [2.05, 4.69) is 65.5 Å². The third-order valence-electron chi connectivity index (χ3n) is 4.06. The minimum absolute atomic E-state index is 0.678. The topological polar surface area (TPSA) is 3.24 Å². The summed E-state index contributed by atoms with van der Waals surface area (Å²) in [5.41, 5.74) is 2.95. The second-order valence-electron chi connectivity index (χ2n) is 6.08. The number of rotatable bonds is 9. The molecule has 0 amide bonds. The summed E-state index contributed by atoms with van der Waals surface area (Å²) in [7, 11) is 0. The van der Waals surface area contributed by atoms with Crippen LogP contribution in [-0.4, -0.2) is 23.5 Å². The monoisotopic (exact) mass is 265 g/mol. The molecule has 0 rings (SSSR count). The van der Waals surface area contributed by atoms with Gasteiger partial charge in [-0.2, -0.15) is 0 Å². The normalized spacial score (nSPS) is 15.5. The van der Waals surface area contributed by atoms with Gasteiger partial charge in [0.1, 0.15) is 0 Å². The van der Waals surface area contributed by atoms with Gasteiger partial charge in [-0.25, -0.2) is 0 Å². The SMILES string of the molecule is CCC(C)N(C/C=C(\C)CCC=C(C)C)C(C)CC. The van der Waals surface area contributed by atoms with Crippen LogP contribution < -0.4 is 0 Å². The molecule has 2 atom stereocenters. The molecule has 0 spiro atoms. The molecule has 0 fully saturated rings. The van der Waals surface area contributed by atoms with Crippen LogP contribution in [0.15, 0.2) is 23.3 Å². The quantitative estimate of drug-likeness (QED) is 0.492. The summed E-state index contributed by atoms with van der Waals surface area (Å²) in [6.45, 7) is 17.0. The smallest absolute Gasteiger partial charge is 0.0171 e. The van der Waals surface area contributed by atoms with E-state index >= 15 is 0 Å². The van der Waals surface area contributed by atoms with E-state index in [0.29, 0.717) is 12.1 Å². The van der Waals surface area contributed by atoms with Crippen molar-refractivity contribution < 1.29 is 0 Å². The molecular formula is C18H35N. The van der Waals surface area contributed by atoms with Gasteiger partial charge in [-0.15, -0.1) is 0 Å². The summed E-state index contributed by atoms with van der Waals surface area (Å²) in [5.74, 6) is 0. The molecule has 0 N–H and O–H groups in total. The zero-order chi connectivity index (χ0) is 14.8. The molecule has 0 heterocycles. The van der Waals surface area contributed by atoms with E-state index in [-0.39, 0.29) is 0 Å². The lowest BCUT2D eigenvalue weighted by Gasteiger charge is -2.33. The number of hydrogen-bond acceptors (Lipinski definition) is 1. The first-order valence-corrected chi connectivity index (χ1v) is 7.97. The highest BCUT2D eigenvalue weighted by atomic mass is 15.2. The molecule has 1 nitrogen and oxygen atoms in total. The Labute approximate surface area is 121 Å². The highest BCUT2D eigenvalue weighted by Gasteiger charge is 2.16. The zero-order valence-corrected chi connectivity index (χ0v) is 14.3. The van der Waals surface area contributed by atoms with Crippen molar-refractivity contribution in [3.05, 3.63) is 23.3 Å². The van der Waals surface area contributed by atoms with Crippen LogP contribution >= 0.6 is 0 Å². The van der Waals surface area contributed by atoms with Crippen molar-refractivity contribution >= 4 is 0 Å². The van der Waals surface area contributed by atoms with Crippen molar-refractivity contribution in [2.45, 2.75) is 86.2 Å². The van der Waals surface area contributed by atoms with Gasteiger partial charge in [0.2, 0.25) is 0 Å². The van der Waals surface area contributed by atoms with E-state index in [4.69, 9.17) is 0 Å². The Morgan fingerprint density at radius 2 is 1.47 bits per heavy atom. The molecule has 0 saturated heterocycles. The first-order chi connectivity index (χ1) is 8.92. The largest absolute Gasteiger partial charge is 0.294 e. The van der Waals surface area contributed by atoms with Crippen LogP contribution in [0.4, 0.5) is 0 Å². The van der Waals surface area contributed by atoms with Crippen LogP contribution in [-0.2, 0) is 0 Å². The van der Waals surface area contributed by atoms with E-state index in [9.17, 15) is 0 Å². The standard InChI is InChI=1S/C18H35N/c1-8-17(6)19(18(7)9-2)14-13-16(5)12-10-11-15(3)4/h11,13,17-18H,8-10,12,14H2,1-7H3/b16-13+. The fourth-order valence-electron chi connectivity index (χ4n) is 2.22. The van der Waals surface area contributed by atoms with Crippen LogP contribution in [0.3, 0.4) is 0 Å². The molecular weight excluding hydrogens is 230 g/mol. The molecule has 0 aromatic rings. The molecule has 0 aromatic heterocycles. The van der Waals surface area contributed by atoms with Gasteiger partial charge in [-0.05, 0) is 60.3 Å². The van der Waals surface area contributed by atoms with Crippen LogP contribution in [0, 0.1) is 0 Å². The summed E-state index contributed by atoms with van der Waals surface area (Å²) in [6, 6.07) is 1.36. The molecule has 0 aliphatic heterocycles. The van der Waals surface area contributed by atoms with Crippen molar-refractivity contribution in [3.8, 4) is 0 Å². The molecule has 1 heteroatoms. The van der Waals surface area contributed by atoms with Gasteiger partial charge in [0.25, 0.3) is 0 Å². The van der Waals surface area contributed by atoms with E-state index in [1.807, 2.05) is 0 Å².